The van der Waals surface area contributed by atoms with Gasteiger partial charge in [-0.05, 0) is 23.6 Å². The first kappa shape index (κ1) is 12.6. The minimum absolute atomic E-state index is 0.633. The van der Waals surface area contributed by atoms with E-state index in [1.165, 1.54) is 5.39 Å². The Hall–Kier alpha value is -3.14. The van der Waals surface area contributed by atoms with Crippen molar-refractivity contribution < 1.29 is 0 Å². The van der Waals surface area contributed by atoms with Gasteiger partial charge >= 0.3 is 0 Å². The van der Waals surface area contributed by atoms with Gasteiger partial charge in [-0.2, -0.15) is 0 Å². The molecule has 2 N–H and O–H groups in total. The van der Waals surface area contributed by atoms with Gasteiger partial charge in [-0.15, -0.1) is 0 Å². The van der Waals surface area contributed by atoms with Crippen LogP contribution in [-0.2, 0) is 0 Å². The molecule has 0 spiro atoms. The number of imidazole rings is 1. The third-order valence-electron chi connectivity index (χ3n) is 3.71. The highest BCUT2D eigenvalue weighted by Gasteiger charge is 2.05. The molecule has 0 amide bonds. The van der Waals surface area contributed by atoms with Gasteiger partial charge < -0.3 is 5.84 Å². The van der Waals surface area contributed by atoms with Crippen molar-refractivity contribution in [2.75, 3.05) is 5.84 Å². The summed E-state index contributed by atoms with van der Waals surface area (Å²) in [4.78, 5) is 9.07. The SMILES string of the molecule is Nn1c(/C=N/c2cccc3ccccc23)nc2ccccc21. The molecule has 0 aliphatic rings. The summed E-state index contributed by atoms with van der Waals surface area (Å²) < 4.78 is 1.56. The third-order valence-corrected chi connectivity index (χ3v) is 3.71. The lowest BCUT2D eigenvalue weighted by Crippen LogP contribution is -2.11. The van der Waals surface area contributed by atoms with E-state index in [0.717, 1.165) is 22.1 Å². The van der Waals surface area contributed by atoms with Gasteiger partial charge in [0.2, 0.25) is 0 Å². The van der Waals surface area contributed by atoms with E-state index in [0.29, 0.717) is 5.82 Å². The van der Waals surface area contributed by atoms with Crippen molar-refractivity contribution in [2.24, 2.45) is 4.99 Å². The molecule has 0 bridgehead atoms. The summed E-state index contributed by atoms with van der Waals surface area (Å²) in [7, 11) is 0. The molecule has 4 heteroatoms. The Morgan fingerprint density at radius 3 is 2.59 bits per heavy atom. The van der Waals surface area contributed by atoms with E-state index in [-0.39, 0.29) is 0 Å². The van der Waals surface area contributed by atoms with Crippen LogP contribution in [0, 0.1) is 0 Å². The summed E-state index contributed by atoms with van der Waals surface area (Å²) in [6, 6.07) is 22.0. The number of nitrogens with zero attached hydrogens (tertiary/aromatic N) is 3. The van der Waals surface area contributed by atoms with E-state index in [4.69, 9.17) is 5.84 Å². The summed E-state index contributed by atoms with van der Waals surface area (Å²) in [5.41, 5.74) is 2.66. The molecule has 4 rings (SSSR count). The van der Waals surface area contributed by atoms with Gasteiger partial charge in [0.05, 0.1) is 22.9 Å². The molecule has 22 heavy (non-hydrogen) atoms. The number of hydrogen-bond donors (Lipinski definition) is 1. The van der Waals surface area contributed by atoms with E-state index >= 15 is 0 Å². The number of aliphatic imine (C=N–C) groups is 1. The van der Waals surface area contributed by atoms with Crippen LogP contribution in [0.15, 0.2) is 71.7 Å². The minimum Gasteiger partial charge on any atom is -0.337 e. The van der Waals surface area contributed by atoms with Crippen LogP contribution in [0.25, 0.3) is 21.8 Å². The van der Waals surface area contributed by atoms with Gasteiger partial charge in [-0.25, -0.2) is 9.66 Å². The van der Waals surface area contributed by atoms with Crippen LogP contribution in [0.4, 0.5) is 5.69 Å². The van der Waals surface area contributed by atoms with Crippen LogP contribution in [0.1, 0.15) is 5.82 Å². The number of fused-ring (bicyclic) bond motifs is 2. The van der Waals surface area contributed by atoms with Crippen molar-refractivity contribution in [1.29, 1.82) is 0 Å². The van der Waals surface area contributed by atoms with E-state index in [2.05, 4.69) is 28.2 Å². The Labute approximate surface area is 127 Å². The predicted molar refractivity (Wildman–Crippen MR) is 91.1 cm³/mol. The fourth-order valence-corrected chi connectivity index (χ4v) is 2.60. The van der Waals surface area contributed by atoms with E-state index in [1.54, 1.807) is 10.9 Å². The Bertz CT molecular complexity index is 993. The maximum atomic E-state index is 6.08. The van der Waals surface area contributed by atoms with E-state index in [9.17, 15) is 0 Å². The molecule has 0 saturated carbocycles. The van der Waals surface area contributed by atoms with Crippen molar-refractivity contribution in [3.8, 4) is 0 Å². The number of hydrogen-bond acceptors (Lipinski definition) is 3. The van der Waals surface area contributed by atoms with Crippen LogP contribution < -0.4 is 5.84 Å². The van der Waals surface area contributed by atoms with Crippen molar-refractivity contribution >= 4 is 33.7 Å². The molecule has 3 aromatic carbocycles. The highest BCUT2D eigenvalue weighted by atomic mass is 15.3. The fourth-order valence-electron chi connectivity index (χ4n) is 2.60. The molecule has 0 atom stereocenters. The van der Waals surface area contributed by atoms with Gasteiger partial charge in [-0.3, -0.25) is 4.99 Å². The molecule has 0 saturated heterocycles. The Kier molecular flexibility index (Phi) is 2.86. The molecule has 0 aliphatic heterocycles. The molecular weight excluding hydrogens is 272 g/mol. The number of nitrogen functional groups attached to an aromatic ring is 1. The lowest BCUT2D eigenvalue weighted by Gasteiger charge is -2.01. The second-order valence-electron chi connectivity index (χ2n) is 5.09. The first-order chi connectivity index (χ1) is 10.8. The summed E-state index contributed by atoms with van der Waals surface area (Å²) >= 11 is 0. The molecule has 0 fully saturated rings. The zero-order valence-corrected chi connectivity index (χ0v) is 11.8. The summed E-state index contributed by atoms with van der Waals surface area (Å²) in [6.45, 7) is 0. The molecular formula is C18H14N4. The normalized spacial score (nSPS) is 11.6. The predicted octanol–water partition coefficient (Wildman–Crippen LogP) is 3.65. The maximum absolute atomic E-state index is 6.08. The fraction of sp³-hybridized carbons (Fsp3) is 0. The second kappa shape index (κ2) is 5.00. The van der Waals surface area contributed by atoms with Gasteiger partial charge in [-0.1, -0.05) is 48.5 Å². The zero-order valence-electron chi connectivity index (χ0n) is 11.8. The molecule has 4 nitrogen and oxygen atoms in total. The highest BCUT2D eigenvalue weighted by molar-refractivity contribution is 5.95. The average molecular weight is 286 g/mol. The lowest BCUT2D eigenvalue weighted by molar-refractivity contribution is 1.02. The Morgan fingerprint density at radius 1 is 0.909 bits per heavy atom. The van der Waals surface area contributed by atoms with Gasteiger partial charge in [0.25, 0.3) is 0 Å². The Balaban J connectivity index is 1.81. The summed E-state index contributed by atoms with van der Waals surface area (Å²) in [6.07, 6.45) is 1.71. The monoisotopic (exact) mass is 286 g/mol. The van der Waals surface area contributed by atoms with Crippen LogP contribution in [0.2, 0.25) is 0 Å². The van der Waals surface area contributed by atoms with Crippen LogP contribution in [-0.4, -0.2) is 15.9 Å². The lowest BCUT2D eigenvalue weighted by atomic mass is 10.1. The molecule has 106 valence electrons. The zero-order chi connectivity index (χ0) is 14.9. The summed E-state index contributed by atoms with van der Waals surface area (Å²) in [5, 5.41) is 2.28. The average Bonchev–Trinajstić information content (AvgIpc) is 2.89. The molecule has 1 aromatic heterocycles. The highest BCUT2D eigenvalue weighted by Crippen LogP contribution is 2.25. The first-order valence-corrected chi connectivity index (χ1v) is 7.07. The maximum Gasteiger partial charge on any atom is 0.170 e. The number of nitrogens with two attached hydrogens (primary N) is 1. The molecule has 0 unspecified atom stereocenters. The van der Waals surface area contributed by atoms with Crippen LogP contribution in [0.3, 0.4) is 0 Å². The van der Waals surface area contributed by atoms with E-state index < -0.39 is 0 Å². The van der Waals surface area contributed by atoms with Gasteiger partial charge in [0.15, 0.2) is 5.82 Å². The van der Waals surface area contributed by atoms with Gasteiger partial charge in [0.1, 0.15) is 0 Å². The topological polar surface area (TPSA) is 56.2 Å². The van der Waals surface area contributed by atoms with Crippen LogP contribution in [0.5, 0.6) is 0 Å². The number of benzene rings is 3. The largest absolute Gasteiger partial charge is 0.337 e. The quantitative estimate of drug-likeness (QED) is 0.451. The minimum atomic E-state index is 0.633. The molecule has 0 radical (unpaired) electrons. The van der Waals surface area contributed by atoms with Crippen LogP contribution >= 0.6 is 0 Å². The molecule has 0 aliphatic carbocycles. The molecule has 4 aromatic rings. The van der Waals surface area contributed by atoms with Crippen molar-refractivity contribution in [2.45, 2.75) is 0 Å². The standard InChI is InChI=1S/C18H14N4/c19-22-17-11-4-3-9-16(17)21-18(22)12-20-15-10-5-7-13-6-1-2-8-14(13)15/h1-12H,19H2/b20-12+. The van der Waals surface area contributed by atoms with Crippen molar-refractivity contribution in [3.05, 3.63) is 72.6 Å². The number of aromatic nitrogens is 2. The first-order valence-electron chi connectivity index (χ1n) is 7.07. The second-order valence-corrected chi connectivity index (χ2v) is 5.09. The third kappa shape index (κ3) is 2.02. The van der Waals surface area contributed by atoms with Crippen molar-refractivity contribution in [3.63, 3.8) is 0 Å². The van der Waals surface area contributed by atoms with E-state index in [1.807, 2.05) is 48.5 Å². The molecule has 1 heterocycles. The van der Waals surface area contributed by atoms with Crippen molar-refractivity contribution in [1.82, 2.24) is 9.66 Å². The smallest absolute Gasteiger partial charge is 0.170 e. The summed E-state index contributed by atoms with van der Waals surface area (Å²) in [5.74, 6) is 6.71. The van der Waals surface area contributed by atoms with Gasteiger partial charge in [0, 0.05) is 5.39 Å². The number of para-hydroxylation sites is 2. The number of rotatable bonds is 2. The Morgan fingerprint density at radius 2 is 1.68 bits per heavy atom.